The molecule has 242 valence electrons. The lowest BCUT2D eigenvalue weighted by Gasteiger charge is -2.30. The summed E-state index contributed by atoms with van der Waals surface area (Å²) in [6.07, 6.45) is 9.75. The van der Waals surface area contributed by atoms with Gasteiger partial charge in [0.05, 0.1) is 10.5 Å². The number of azide groups is 2. The van der Waals surface area contributed by atoms with Gasteiger partial charge in [-0.05, 0) is 49.6 Å². The molecular formula is C24H44N6O8S4. The maximum absolute atomic E-state index is 13.3. The molecule has 2 atom stereocenters. The van der Waals surface area contributed by atoms with Gasteiger partial charge in [-0.2, -0.15) is 0 Å². The van der Waals surface area contributed by atoms with Gasteiger partial charge in [0.2, 0.25) is 8.41 Å². The molecule has 18 heteroatoms. The van der Waals surface area contributed by atoms with Crippen LogP contribution < -0.4 is 0 Å². The van der Waals surface area contributed by atoms with Crippen molar-refractivity contribution in [3.05, 3.63) is 20.9 Å². The summed E-state index contributed by atoms with van der Waals surface area (Å²) in [5.74, 6) is 0. The third-order valence-corrected chi connectivity index (χ3v) is 17.9. The van der Waals surface area contributed by atoms with Crippen molar-refractivity contribution in [3.8, 4) is 0 Å². The largest absolute Gasteiger partial charge is 0.248 e. The van der Waals surface area contributed by atoms with Crippen LogP contribution in [0.5, 0.6) is 0 Å². The molecule has 0 N–H and O–H groups in total. The van der Waals surface area contributed by atoms with Crippen molar-refractivity contribution in [2.24, 2.45) is 10.2 Å². The summed E-state index contributed by atoms with van der Waals surface area (Å²) in [4.78, 5) is 5.18. The van der Waals surface area contributed by atoms with E-state index in [1.54, 1.807) is 0 Å². The first-order chi connectivity index (χ1) is 19.9. The van der Waals surface area contributed by atoms with Gasteiger partial charge in [0.25, 0.3) is 0 Å². The molecule has 0 spiro atoms. The molecule has 2 fully saturated rings. The van der Waals surface area contributed by atoms with Crippen molar-refractivity contribution < 1.29 is 33.7 Å². The summed E-state index contributed by atoms with van der Waals surface area (Å²) in [7, 11) is -15.6. The molecule has 2 aliphatic carbocycles. The van der Waals surface area contributed by atoms with Gasteiger partial charge in [0, 0.05) is 9.82 Å². The second-order valence-electron chi connectivity index (χ2n) is 11.3. The summed E-state index contributed by atoms with van der Waals surface area (Å²) < 4.78 is 96.7. The van der Waals surface area contributed by atoms with Crippen LogP contribution in [0.1, 0.15) is 128 Å². The molecule has 14 nitrogen and oxygen atoms in total. The minimum absolute atomic E-state index is 0.249. The van der Waals surface area contributed by atoms with Crippen molar-refractivity contribution in [2.75, 3.05) is 0 Å². The Labute approximate surface area is 252 Å². The SMILES string of the molecule is [N-]=[N+]=NC(CCCCCCCCCCC(N=[N+]=[N-])([SH](=O)=O)S(=O)(=O)C1CCCCC1)([SH](=O)=O)S(=O)(=O)C1CCCCC1. The van der Waals surface area contributed by atoms with E-state index in [0.717, 1.165) is 25.7 Å². The number of hydrogen-bond acceptors (Lipinski definition) is 10. The average molecular weight is 673 g/mol. The zero-order chi connectivity index (χ0) is 31.3. The maximum Gasteiger partial charge on any atom is 0.248 e. The predicted molar refractivity (Wildman–Crippen MR) is 162 cm³/mol. The number of sulfone groups is 2. The van der Waals surface area contributed by atoms with Crippen molar-refractivity contribution in [1.29, 1.82) is 0 Å². The average Bonchev–Trinajstić information content (AvgIpc) is 2.97. The van der Waals surface area contributed by atoms with Gasteiger partial charge in [0.1, 0.15) is 0 Å². The first kappa shape index (κ1) is 36.6. The number of thiol groups is 2. The van der Waals surface area contributed by atoms with Gasteiger partial charge in [0.15, 0.2) is 41.1 Å². The van der Waals surface area contributed by atoms with Crippen LogP contribution in [-0.4, -0.2) is 52.6 Å². The lowest BCUT2D eigenvalue weighted by atomic mass is 10.0. The minimum Gasteiger partial charge on any atom is -0.230 e. The molecule has 0 heterocycles. The Balaban J connectivity index is 1.86. The topological polar surface area (TPSA) is 234 Å². The fourth-order valence-corrected chi connectivity index (χ4v) is 13.8. The van der Waals surface area contributed by atoms with Gasteiger partial charge in [-0.1, -0.05) is 100 Å². The number of hydrogen-bond donors (Lipinski definition) is 2. The maximum atomic E-state index is 13.3. The predicted octanol–water partition coefficient (Wildman–Crippen LogP) is 5.53. The molecule has 42 heavy (non-hydrogen) atoms. The molecule has 2 unspecified atom stereocenters. The van der Waals surface area contributed by atoms with Crippen molar-refractivity contribution in [2.45, 2.75) is 147 Å². The van der Waals surface area contributed by atoms with Crippen LogP contribution in [0.3, 0.4) is 0 Å². The highest BCUT2D eigenvalue weighted by molar-refractivity contribution is 8.04. The normalized spacial score (nSPS) is 20.3. The van der Waals surface area contributed by atoms with E-state index >= 15 is 0 Å². The molecule has 0 aromatic carbocycles. The number of unbranched alkanes of at least 4 members (excludes halogenated alkanes) is 7. The Kier molecular flexibility index (Phi) is 14.9. The lowest BCUT2D eigenvalue weighted by Crippen LogP contribution is -2.44. The van der Waals surface area contributed by atoms with E-state index in [2.05, 4.69) is 20.1 Å². The molecule has 0 amide bonds. The van der Waals surface area contributed by atoms with E-state index in [-0.39, 0.29) is 25.7 Å². The molecule has 0 aliphatic heterocycles. The van der Waals surface area contributed by atoms with Crippen LogP contribution in [0.2, 0.25) is 0 Å². The van der Waals surface area contributed by atoms with Crippen LogP contribution in [0.4, 0.5) is 0 Å². The molecule has 0 radical (unpaired) electrons. The summed E-state index contributed by atoms with van der Waals surface area (Å²) in [6, 6.07) is 0. The van der Waals surface area contributed by atoms with Crippen LogP contribution in [0, 0.1) is 0 Å². The van der Waals surface area contributed by atoms with Crippen molar-refractivity contribution in [3.63, 3.8) is 0 Å². The van der Waals surface area contributed by atoms with E-state index in [9.17, 15) is 33.7 Å². The Morgan fingerprint density at radius 2 is 0.833 bits per heavy atom. The highest BCUT2D eigenvalue weighted by Gasteiger charge is 2.51. The quantitative estimate of drug-likeness (QED) is 0.0580. The standard InChI is InChI=1S/C24H44N6O8S4/c25-29-27-23(39(31)32,41(35,36)21-15-9-7-10-16-21)19-13-5-3-1-2-4-6-14-20-24(28-30-26,40(33)34)42(37,38)22-17-11-8-12-18-22/h21-22,39-40H,1-20H2. The fourth-order valence-electron chi connectivity index (χ4n) is 6.16. The Morgan fingerprint density at radius 3 is 1.10 bits per heavy atom. The van der Waals surface area contributed by atoms with E-state index in [4.69, 9.17) is 11.1 Å². The third kappa shape index (κ3) is 8.53. The summed E-state index contributed by atoms with van der Waals surface area (Å²) in [6.45, 7) is 0. The van der Waals surface area contributed by atoms with Gasteiger partial charge in [-0.25, -0.2) is 33.7 Å². The van der Waals surface area contributed by atoms with Gasteiger partial charge >= 0.3 is 0 Å². The van der Waals surface area contributed by atoms with Gasteiger partial charge in [-0.3, -0.25) is 0 Å². The second-order valence-corrected chi connectivity index (χ2v) is 19.3. The molecule has 0 aromatic heterocycles. The first-order valence-electron chi connectivity index (χ1n) is 14.8. The molecule has 0 bridgehead atoms. The Hall–Kier alpha value is -1.58. The lowest BCUT2D eigenvalue weighted by molar-refractivity contribution is 0.458. The zero-order valence-electron chi connectivity index (χ0n) is 24.0. The van der Waals surface area contributed by atoms with Crippen LogP contribution in [0.25, 0.3) is 20.9 Å². The molecule has 2 rings (SSSR count). The van der Waals surface area contributed by atoms with Gasteiger partial charge < -0.3 is 0 Å². The minimum atomic E-state index is -4.23. The zero-order valence-corrected chi connectivity index (χ0v) is 27.4. The van der Waals surface area contributed by atoms with Crippen molar-refractivity contribution in [1.82, 2.24) is 0 Å². The number of rotatable bonds is 19. The van der Waals surface area contributed by atoms with E-state index in [1.807, 2.05) is 0 Å². The van der Waals surface area contributed by atoms with E-state index in [1.165, 1.54) is 0 Å². The smallest absolute Gasteiger partial charge is 0.230 e. The highest BCUT2D eigenvalue weighted by atomic mass is 32.3. The Bertz CT molecular complexity index is 1240. The van der Waals surface area contributed by atoms with Crippen LogP contribution in [0.15, 0.2) is 10.2 Å². The van der Waals surface area contributed by atoms with E-state index < -0.39 is 60.0 Å². The van der Waals surface area contributed by atoms with Crippen LogP contribution in [-0.2, 0) is 41.1 Å². The van der Waals surface area contributed by atoms with Gasteiger partial charge in [-0.15, -0.1) is 0 Å². The van der Waals surface area contributed by atoms with Crippen LogP contribution >= 0.6 is 0 Å². The summed E-state index contributed by atoms with van der Waals surface area (Å²) in [5.41, 5.74) is 18.0. The summed E-state index contributed by atoms with van der Waals surface area (Å²) in [5, 5.41) is 5.02. The number of nitrogens with zero attached hydrogens (tertiary/aromatic N) is 6. The molecule has 0 aromatic rings. The highest BCUT2D eigenvalue weighted by Crippen LogP contribution is 2.38. The fraction of sp³-hybridized carbons (Fsp3) is 1.00. The summed E-state index contributed by atoms with van der Waals surface area (Å²) >= 11 is 0. The molecule has 2 saturated carbocycles. The monoisotopic (exact) mass is 672 g/mol. The molecular weight excluding hydrogens is 629 g/mol. The van der Waals surface area contributed by atoms with Crippen molar-refractivity contribution >= 4 is 41.1 Å². The molecule has 2 aliphatic rings. The Morgan fingerprint density at radius 1 is 0.548 bits per heavy atom. The third-order valence-electron chi connectivity index (χ3n) is 8.62. The second kappa shape index (κ2) is 17.0. The van der Waals surface area contributed by atoms with E-state index in [0.29, 0.717) is 77.0 Å². The first-order valence-corrected chi connectivity index (χ1v) is 20.3. The molecule has 0 saturated heterocycles.